The fraction of sp³-hybridized carbons (Fsp3) is 0.0217. The number of nitrogens with zero attached hydrogens (tertiary/aromatic N) is 1. The van der Waals surface area contributed by atoms with E-state index in [4.69, 9.17) is 0 Å². The highest BCUT2D eigenvalue weighted by molar-refractivity contribution is 6.09. The zero-order valence-electron chi connectivity index (χ0n) is 25.8. The van der Waals surface area contributed by atoms with Crippen LogP contribution >= 0.6 is 0 Å². The summed E-state index contributed by atoms with van der Waals surface area (Å²) >= 11 is 0. The summed E-state index contributed by atoms with van der Waals surface area (Å²) in [6.07, 6.45) is 1.85. The first-order valence-corrected chi connectivity index (χ1v) is 16.2. The third kappa shape index (κ3) is 4.28. The highest BCUT2D eigenvalue weighted by Crippen LogP contribution is 2.57. The number of pyridine rings is 1. The van der Waals surface area contributed by atoms with Gasteiger partial charge in [0.25, 0.3) is 0 Å². The van der Waals surface area contributed by atoms with Crippen LogP contribution in [0.2, 0.25) is 0 Å². The molecule has 47 heavy (non-hydrogen) atoms. The molecule has 1 heterocycles. The molecule has 0 N–H and O–H groups in total. The van der Waals surface area contributed by atoms with Crippen molar-refractivity contribution in [3.8, 4) is 44.6 Å². The van der Waals surface area contributed by atoms with Gasteiger partial charge in [0.2, 0.25) is 0 Å². The lowest BCUT2D eigenvalue weighted by Gasteiger charge is -2.34. The van der Waals surface area contributed by atoms with E-state index in [0.29, 0.717) is 0 Å². The second-order valence-electron chi connectivity index (χ2n) is 12.3. The third-order valence-corrected chi connectivity index (χ3v) is 9.83. The molecule has 1 aromatic heterocycles. The van der Waals surface area contributed by atoms with Gasteiger partial charge in [0.15, 0.2) is 0 Å². The molecule has 1 aliphatic carbocycles. The Morgan fingerprint density at radius 1 is 0.340 bits per heavy atom. The Balaban J connectivity index is 1.37. The maximum absolute atomic E-state index is 4.58. The number of fused-ring (bicyclic) bond motifs is 4. The van der Waals surface area contributed by atoms with Gasteiger partial charge in [-0.1, -0.05) is 158 Å². The minimum atomic E-state index is -0.453. The molecule has 8 aromatic rings. The Hall–Kier alpha value is -6.05. The van der Waals surface area contributed by atoms with E-state index in [9.17, 15) is 0 Å². The van der Waals surface area contributed by atoms with Gasteiger partial charge in [-0.05, 0) is 90.7 Å². The van der Waals surface area contributed by atoms with Crippen LogP contribution in [-0.4, -0.2) is 4.98 Å². The van der Waals surface area contributed by atoms with Crippen molar-refractivity contribution in [2.75, 3.05) is 0 Å². The first kappa shape index (κ1) is 27.3. The quantitative estimate of drug-likeness (QED) is 0.192. The number of benzene rings is 7. The predicted molar refractivity (Wildman–Crippen MR) is 195 cm³/mol. The van der Waals surface area contributed by atoms with E-state index in [1.807, 2.05) is 18.3 Å². The van der Waals surface area contributed by atoms with Crippen LogP contribution < -0.4 is 0 Å². The van der Waals surface area contributed by atoms with Gasteiger partial charge >= 0.3 is 0 Å². The summed E-state index contributed by atoms with van der Waals surface area (Å²) in [5, 5.41) is 2.51. The third-order valence-electron chi connectivity index (χ3n) is 9.83. The summed E-state index contributed by atoms with van der Waals surface area (Å²) in [6.45, 7) is 0. The van der Waals surface area contributed by atoms with Gasteiger partial charge in [0.05, 0.1) is 11.1 Å². The van der Waals surface area contributed by atoms with Crippen LogP contribution in [0.5, 0.6) is 0 Å². The zero-order valence-corrected chi connectivity index (χ0v) is 25.8. The molecule has 0 saturated carbocycles. The maximum atomic E-state index is 4.58. The second kappa shape index (κ2) is 11.1. The number of hydrogen-bond acceptors (Lipinski definition) is 1. The predicted octanol–water partition coefficient (Wildman–Crippen LogP) is 11.6. The first-order valence-electron chi connectivity index (χ1n) is 16.2. The van der Waals surface area contributed by atoms with Crippen LogP contribution in [0.3, 0.4) is 0 Å². The summed E-state index contributed by atoms with van der Waals surface area (Å²) in [5.74, 6) is 0. The summed E-state index contributed by atoms with van der Waals surface area (Å²) in [7, 11) is 0. The smallest absolute Gasteiger partial charge is 0.0713 e. The molecule has 1 heteroatoms. The van der Waals surface area contributed by atoms with Crippen molar-refractivity contribution in [1.29, 1.82) is 0 Å². The normalized spacial score (nSPS) is 12.9. The SMILES string of the molecule is c1ccc(-c2ccc(-c3ccc(-c4ccccn4)cc3)c3cc4c(cc23)-c2ccccc2C4(c2ccccc2)c2ccccc2)cc1. The van der Waals surface area contributed by atoms with Gasteiger partial charge in [0.1, 0.15) is 0 Å². The van der Waals surface area contributed by atoms with Crippen molar-refractivity contribution in [1.82, 2.24) is 4.98 Å². The van der Waals surface area contributed by atoms with Crippen molar-refractivity contribution in [3.63, 3.8) is 0 Å². The van der Waals surface area contributed by atoms with Crippen LogP contribution in [0, 0.1) is 0 Å². The molecule has 0 bridgehead atoms. The molecule has 220 valence electrons. The number of aromatic nitrogens is 1. The van der Waals surface area contributed by atoms with Crippen LogP contribution in [0.15, 0.2) is 188 Å². The highest BCUT2D eigenvalue weighted by atomic mass is 14.7. The van der Waals surface area contributed by atoms with Crippen LogP contribution in [0.1, 0.15) is 22.3 Å². The molecule has 0 saturated heterocycles. The Morgan fingerprint density at radius 3 is 1.51 bits per heavy atom. The van der Waals surface area contributed by atoms with Crippen LogP contribution in [-0.2, 0) is 5.41 Å². The maximum Gasteiger partial charge on any atom is 0.0713 e. The highest BCUT2D eigenvalue weighted by Gasteiger charge is 2.46. The van der Waals surface area contributed by atoms with Crippen molar-refractivity contribution in [2.45, 2.75) is 5.41 Å². The van der Waals surface area contributed by atoms with E-state index in [1.54, 1.807) is 0 Å². The van der Waals surface area contributed by atoms with E-state index in [-0.39, 0.29) is 0 Å². The molecular formula is C46H31N. The van der Waals surface area contributed by atoms with E-state index in [2.05, 4.69) is 175 Å². The van der Waals surface area contributed by atoms with Crippen molar-refractivity contribution in [2.24, 2.45) is 0 Å². The van der Waals surface area contributed by atoms with E-state index < -0.39 is 5.41 Å². The van der Waals surface area contributed by atoms with E-state index in [1.165, 1.54) is 66.4 Å². The van der Waals surface area contributed by atoms with Crippen molar-refractivity contribution < 1.29 is 0 Å². The topological polar surface area (TPSA) is 12.9 Å². The lowest BCUT2D eigenvalue weighted by Crippen LogP contribution is -2.28. The minimum absolute atomic E-state index is 0.453. The zero-order chi connectivity index (χ0) is 31.2. The molecule has 0 fully saturated rings. The Morgan fingerprint density at radius 2 is 0.872 bits per heavy atom. The Bertz CT molecular complexity index is 2320. The fourth-order valence-corrected chi connectivity index (χ4v) is 7.75. The monoisotopic (exact) mass is 597 g/mol. The lowest BCUT2D eigenvalue weighted by molar-refractivity contribution is 0.769. The van der Waals surface area contributed by atoms with E-state index in [0.717, 1.165) is 11.3 Å². The molecule has 9 rings (SSSR count). The van der Waals surface area contributed by atoms with Gasteiger partial charge in [-0.3, -0.25) is 4.98 Å². The molecule has 7 aromatic carbocycles. The summed E-state index contributed by atoms with van der Waals surface area (Å²) in [5.41, 5.74) is 14.3. The molecule has 0 unspecified atom stereocenters. The molecule has 1 aliphatic rings. The Labute approximate surface area is 275 Å². The first-order chi connectivity index (χ1) is 23.3. The standard InChI is InChI=1S/C46H31N/c1-4-14-32(15-5-1)37-27-28-38(33-23-25-34(26-24-33)45-22-12-13-29-47-45)41-31-44-42(30-40(37)41)39-20-10-11-21-43(39)46(44,35-16-6-2-7-17-35)36-18-8-3-9-19-36/h1-31H. The number of hydrogen-bond donors (Lipinski definition) is 0. The molecule has 0 aliphatic heterocycles. The molecule has 1 nitrogen and oxygen atoms in total. The molecule has 0 amide bonds. The number of rotatable bonds is 5. The van der Waals surface area contributed by atoms with Crippen LogP contribution in [0.4, 0.5) is 0 Å². The van der Waals surface area contributed by atoms with Gasteiger partial charge in [0, 0.05) is 11.8 Å². The van der Waals surface area contributed by atoms with Crippen LogP contribution in [0.25, 0.3) is 55.4 Å². The van der Waals surface area contributed by atoms with Crippen molar-refractivity contribution >= 4 is 10.8 Å². The molecule has 0 spiro atoms. The van der Waals surface area contributed by atoms with E-state index >= 15 is 0 Å². The molecule has 0 radical (unpaired) electrons. The molecular weight excluding hydrogens is 567 g/mol. The lowest BCUT2D eigenvalue weighted by atomic mass is 9.67. The summed E-state index contributed by atoms with van der Waals surface area (Å²) in [6, 6.07) is 66.3. The fourth-order valence-electron chi connectivity index (χ4n) is 7.75. The molecule has 0 atom stereocenters. The summed E-state index contributed by atoms with van der Waals surface area (Å²) in [4.78, 5) is 4.58. The van der Waals surface area contributed by atoms with Crippen molar-refractivity contribution in [3.05, 3.63) is 210 Å². The largest absolute Gasteiger partial charge is 0.256 e. The van der Waals surface area contributed by atoms with Gasteiger partial charge < -0.3 is 0 Å². The van der Waals surface area contributed by atoms with Gasteiger partial charge in [-0.15, -0.1) is 0 Å². The summed E-state index contributed by atoms with van der Waals surface area (Å²) < 4.78 is 0. The minimum Gasteiger partial charge on any atom is -0.256 e. The van der Waals surface area contributed by atoms with Gasteiger partial charge in [-0.2, -0.15) is 0 Å². The Kier molecular flexibility index (Phi) is 6.43. The average Bonchev–Trinajstić information content (AvgIpc) is 3.45. The average molecular weight is 598 g/mol. The second-order valence-corrected chi connectivity index (χ2v) is 12.3. The van der Waals surface area contributed by atoms with Gasteiger partial charge in [-0.25, -0.2) is 0 Å².